The van der Waals surface area contributed by atoms with Gasteiger partial charge in [0.1, 0.15) is 11.6 Å². The monoisotopic (exact) mass is 449 g/mol. The molecule has 31 heavy (non-hydrogen) atoms. The number of aliphatic hydroxyl groups is 1. The molecule has 1 atom stereocenters. The number of benzene rings is 2. The number of rotatable bonds is 8. The zero-order chi connectivity index (χ0) is 22.4. The first-order valence-electron chi connectivity index (χ1n) is 10.4. The van der Waals surface area contributed by atoms with Gasteiger partial charge in [-0.15, -0.1) is 0 Å². The fourth-order valence-corrected chi connectivity index (χ4v) is 3.98. The minimum absolute atomic E-state index is 0.233. The molecular formula is C23H29ClFN3O3. The van der Waals surface area contributed by atoms with Crippen molar-refractivity contribution < 1.29 is 19.0 Å². The molecule has 0 radical (unpaired) electrons. The summed E-state index contributed by atoms with van der Waals surface area (Å²) in [5.74, 6) is 0.248. The Hall–Kier alpha value is -2.35. The minimum Gasteiger partial charge on any atom is -0.496 e. The lowest BCUT2D eigenvalue weighted by molar-refractivity contribution is 0.0925. The summed E-state index contributed by atoms with van der Waals surface area (Å²) >= 11 is 6.05. The van der Waals surface area contributed by atoms with Gasteiger partial charge < -0.3 is 25.8 Å². The topological polar surface area (TPSA) is 87.8 Å². The SMILES string of the molecule is COc1cc(N)c(Cl)cc1C(=O)NCC1CCN(CCC(O)c2ccc(F)cc2)CC1. The van der Waals surface area contributed by atoms with Crippen molar-refractivity contribution in [1.82, 2.24) is 10.2 Å². The first-order chi connectivity index (χ1) is 14.9. The fraction of sp³-hybridized carbons (Fsp3) is 0.435. The zero-order valence-corrected chi connectivity index (χ0v) is 18.4. The highest BCUT2D eigenvalue weighted by atomic mass is 35.5. The van der Waals surface area contributed by atoms with Crippen LogP contribution in [-0.4, -0.2) is 49.2 Å². The second-order valence-electron chi connectivity index (χ2n) is 7.93. The predicted octanol–water partition coefficient (Wildman–Crippen LogP) is 3.64. The molecule has 1 fully saturated rings. The number of anilines is 1. The maximum Gasteiger partial charge on any atom is 0.255 e. The van der Waals surface area contributed by atoms with Crippen LogP contribution in [0.3, 0.4) is 0 Å². The largest absolute Gasteiger partial charge is 0.496 e. The third-order valence-corrected chi connectivity index (χ3v) is 6.12. The van der Waals surface area contributed by atoms with E-state index < -0.39 is 6.10 Å². The van der Waals surface area contributed by atoms with Gasteiger partial charge in [0.15, 0.2) is 0 Å². The van der Waals surface area contributed by atoms with Crippen LogP contribution >= 0.6 is 11.6 Å². The van der Waals surface area contributed by atoms with Gasteiger partial charge >= 0.3 is 0 Å². The zero-order valence-electron chi connectivity index (χ0n) is 17.6. The molecule has 3 rings (SSSR count). The van der Waals surface area contributed by atoms with E-state index in [9.17, 15) is 14.3 Å². The van der Waals surface area contributed by atoms with Crippen molar-refractivity contribution in [3.63, 3.8) is 0 Å². The van der Waals surface area contributed by atoms with Crippen molar-refractivity contribution in [3.8, 4) is 5.75 Å². The molecule has 4 N–H and O–H groups in total. The minimum atomic E-state index is -0.598. The van der Waals surface area contributed by atoms with Crippen LogP contribution in [0.25, 0.3) is 0 Å². The Bertz CT molecular complexity index is 886. The van der Waals surface area contributed by atoms with Crippen LogP contribution in [0.2, 0.25) is 5.02 Å². The Kier molecular flexibility index (Phi) is 8.12. The number of carbonyl (C=O) groups is 1. The van der Waals surface area contributed by atoms with E-state index in [0.29, 0.717) is 40.9 Å². The number of ether oxygens (including phenoxy) is 1. The summed E-state index contributed by atoms with van der Waals surface area (Å²) in [7, 11) is 1.49. The van der Waals surface area contributed by atoms with E-state index >= 15 is 0 Å². The number of methoxy groups -OCH3 is 1. The number of nitrogens with zero attached hydrogens (tertiary/aromatic N) is 1. The molecule has 1 amide bonds. The molecule has 0 spiro atoms. The summed E-state index contributed by atoms with van der Waals surface area (Å²) in [4.78, 5) is 14.9. The van der Waals surface area contributed by atoms with E-state index in [0.717, 1.165) is 38.0 Å². The summed E-state index contributed by atoms with van der Waals surface area (Å²) < 4.78 is 18.3. The number of nitrogens with two attached hydrogens (primary N) is 1. The maximum absolute atomic E-state index is 13.0. The lowest BCUT2D eigenvalue weighted by Crippen LogP contribution is -2.39. The molecule has 1 saturated heterocycles. The van der Waals surface area contributed by atoms with Gasteiger partial charge in [-0.25, -0.2) is 4.39 Å². The first-order valence-corrected chi connectivity index (χ1v) is 10.8. The lowest BCUT2D eigenvalue weighted by Gasteiger charge is -2.32. The van der Waals surface area contributed by atoms with Gasteiger partial charge in [-0.3, -0.25) is 4.79 Å². The summed E-state index contributed by atoms with van der Waals surface area (Å²) in [6.45, 7) is 3.18. The van der Waals surface area contributed by atoms with Gasteiger partial charge in [-0.2, -0.15) is 0 Å². The van der Waals surface area contributed by atoms with E-state index in [2.05, 4.69) is 10.2 Å². The molecule has 168 valence electrons. The summed E-state index contributed by atoms with van der Waals surface area (Å²) in [6.07, 6.45) is 1.93. The van der Waals surface area contributed by atoms with Crippen LogP contribution < -0.4 is 15.8 Å². The predicted molar refractivity (Wildman–Crippen MR) is 120 cm³/mol. The van der Waals surface area contributed by atoms with Crippen LogP contribution in [0.1, 0.15) is 41.3 Å². The molecule has 1 aliphatic rings. The van der Waals surface area contributed by atoms with Gasteiger partial charge in [0.2, 0.25) is 0 Å². The highest BCUT2D eigenvalue weighted by Crippen LogP contribution is 2.29. The molecule has 1 aliphatic heterocycles. The van der Waals surface area contributed by atoms with E-state index in [-0.39, 0.29) is 11.7 Å². The number of amides is 1. The van der Waals surface area contributed by atoms with Crippen molar-refractivity contribution in [2.45, 2.75) is 25.4 Å². The first kappa shape index (κ1) is 23.3. The van der Waals surface area contributed by atoms with Crippen LogP contribution in [0.5, 0.6) is 5.75 Å². The van der Waals surface area contributed by atoms with E-state index in [1.165, 1.54) is 25.3 Å². The van der Waals surface area contributed by atoms with Gasteiger partial charge in [-0.05, 0) is 62.0 Å². The van der Waals surface area contributed by atoms with E-state index in [1.807, 2.05) is 0 Å². The number of piperidine rings is 1. The number of nitrogens with one attached hydrogen (secondary N) is 1. The van der Waals surface area contributed by atoms with E-state index in [4.69, 9.17) is 22.1 Å². The van der Waals surface area contributed by atoms with Crippen LogP contribution in [0.4, 0.5) is 10.1 Å². The Morgan fingerprint density at radius 3 is 2.65 bits per heavy atom. The van der Waals surface area contributed by atoms with Crippen LogP contribution in [0.15, 0.2) is 36.4 Å². The van der Waals surface area contributed by atoms with E-state index in [1.54, 1.807) is 18.2 Å². The molecule has 0 aromatic heterocycles. The molecule has 0 saturated carbocycles. The molecule has 6 nitrogen and oxygen atoms in total. The molecule has 2 aromatic rings. The number of nitrogen functional groups attached to an aromatic ring is 1. The Morgan fingerprint density at radius 2 is 2.00 bits per heavy atom. The smallest absolute Gasteiger partial charge is 0.255 e. The number of likely N-dealkylation sites (tertiary alicyclic amines) is 1. The Labute approximate surface area is 187 Å². The molecule has 8 heteroatoms. The number of aliphatic hydroxyl groups excluding tert-OH is 1. The van der Waals surface area contributed by atoms with Gasteiger partial charge in [-0.1, -0.05) is 23.7 Å². The average molecular weight is 450 g/mol. The van der Waals surface area contributed by atoms with Crippen LogP contribution in [-0.2, 0) is 0 Å². The average Bonchev–Trinajstić information content (AvgIpc) is 2.78. The highest BCUT2D eigenvalue weighted by molar-refractivity contribution is 6.33. The van der Waals surface area contributed by atoms with Crippen molar-refractivity contribution >= 4 is 23.2 Å². The Balaban J connectivity index is 1.42. The normalized spacial score (nSPS) is 16.1. The Morgan fingerprint density at radius 1 is 1.32 bits per heavy atom. The van der Waals surface area contributed by atoms with Gasteiger partial charge in [0, 0.05) is 19.2 Å². The van der Waals surface area contributed by atoms with Gasteiger partial charge in [0.05, 0.1) is 29.5 Å². The summed E-state index contributed by atoms with van der Waals surface area (Å²) in [5.41, 5.74) is 7.24. The van der Waals surface area contributed by atoms with Crippen molar-refractivity contribution in [3.05, 3.63) is 58.4 Å². The van der Waals surface area contributed by atoms with Crippen molar-refractivity contribution in [2.75, 3.05) is 39.0 Å². The standard InChI is InChI=1S/C23H29ClFN3O3/c1-31-22-13-20(26)19(24)12-18(22)23(30)27-14-15-6-9-28(10-7-15)11-8-21(29)16-2-4-17(25)5-3-16/h2-5,12-13,15,21,29H,6-11,14,26H2,1H3,(H,27,30). The number of hydrogen-bond donors (Lipinski definition) is 3. The van der Waals surface area contributed by atoms with Gasteiger partial charge in [0.25, 0.3) is 5.91 Å². The quantitative estimate of drug-likeness (QED) is 0.535. The molecule has 0 bridgehead atoms. The molecule has 2 aromatic carbocycles. The summed E-state index contributed by atoms with van der Waals surface area (Å²) in [5, 5.41) is 13.6. The summed E-state index contributed by atoms with van der Waals surface area (Å²) in [6, 6.07) is 9.06. The molecule has 1 unspecified atom stereocenters. The second-order valence-corrected chi connectivity index (χ2v) is 8.33. The number of hydrogen-bond acceptors (Lipinski definition) is 5. The molecule has 1 heterocycles. The van der Waals surface area contributed by atoms with Crippen LogP contribution in [0, 0.1) is 11.7 Å². The number of halogens is 2. The fourth-order valence-electron chi connectivity index (χ4n) is 3.82. The highest BCUT2D eigenvalue weighted by Gasteiger charge is 2.22. The van der Waals surface area contributed by atoms with Crippen molar-refractivity contribution in [2.24, 2.45) is 5.92 Å². The lowest BCUT2D eigenvalue weighted by atomic mass is 9.96. The molecular weight excluding hydrogens is 421 g/mol. The third-order valence-electron chi connectivity index (χ3n) is 5.80. The second kappa shape index (κ2) is 10.8. The maximum atomic E-state index is 13.0. The third kappa shape index (κ3) is 6.32. The van der Waals surface area contributed by atoms with Crippen molar-refractivity contribution in [1.29, 1.82) is 0 Å². The molecule has 0 aliphatic carbocycles. The number of carbonyl (C=O) groups excluding carboxylic acids is 1.